The van der Waals surface area contributed by atoms with Gasteiger partial charge < -0.3 is 10.1 Å². The predicted molar refractivity (Wildman–Crippen MR) is 80.2 cm³/mol. The van der Waals surface area contributed by atoms with E-state index in [1.165, 1.54) is 5.56 Å². The molecule has 1 aromatic carbocycles. The van der Waals surface area contributed by atoms with Gasteiger partial charge >= 0.3 is 0 Å². The molecule has 20 heavy (non-hydrogen) atoms. The van der Waals surface area contributed by atoms with Crippen LogP contribution in [0.15, 0.2) is 18.2 Å². The van der Waals surface area contributed by atoms with Crippen molar-refractivity contribution in [2.24, 2.45) is 0 Å². The molecular weight excluding hydrogens is 274 g/mol. The Morgan fingerprint density at radius 1 is 1.25 bits per heavy atom. The minimum Gasteiger partial charge on any atom is -0.490 e. The van der Waals surface area contributed by atoms with E-state index in [9.17, 15) is 8.42 Å². The number of rotatable bonds is 3. The SMILES string of the molecule is O=S1(=O)CCCCC1COc1cccc2c1NCCC2. The van der Waals surface area contributed by atoms with Crippen LogP contribution in [0.25, 0.3) is 0 Å². The third-order valence-corrected chi connectivity index (χ3v) is 6.42. The van der Waals surface area contributed by atoms with E-state index in [2.05, 4.69) is 11.4 Å². The lowest BCUT2D eigenvalue weighted by molar-refractivity contribution is 0.303. The molecule has 0 radical (unpaired) electrons. The van der Waals surface area contributed by atoms with Crippen LogP contribution in [0.2, 0.25) is 0 Å². The first-order valence-corrected chi connectivity index (χ1v) is 9.08. The zero-order valence-electron chi connectivity index (χ0n) is 11.6. The average Bonchev–Trinajstić information content (AvgIpc) is 2.46. The average molecular weight is 295 g/mol. The van der Waals surface area contributed by atoms with Crippen molar-refractivity contribution in [3.05, 3.63) is 23.8 Å². The molecule has 0 amide bonds. The third kappa shape index (κ3) is 2.77. The first kappa shape index (κ1) is 13.7. The highest BCUT2D eigenvalue weighted by Gasteiger charge is 2.29. The molecule has 4 nitrogen and oxygen atoms in total. The lowest BCUT2D eigenvalue weighted by Gasteiger charge is -2.25. The first-order chi connectivity index (χ1) is 9.67. The van der Waals surface area contributed by atoms with Crippen LogP contribution in [0.5, 0.6) is 5.75 Å². The van der Waals surface area contributed by atoms with Gasteiger partial charge in [-0.15, -0.1) is 0 Å². The maximum Gasteiger partial charge on any atom is 0.156 e. The third-order valence-electron chi connectivity index (χ3n) is 4.17. The van der Waals surface area contributed by atoms with E-state index in [0.29, 0.717) is 5.75 Å². The lowest BCUT2D eigenvalue weighted by atomic mass is 10.0. The number of hydrogen-bond donors (Lipinski definition) is 1. The Labute approximate surface area is 120 Å². The molecule has 1 atom stereocenters. The van der Waals surface area contributed by atoms with Crippen LogP contribution in [0.1, 0.15) is 31.2 Å². The van der Waals surface area contributed by atoms with Gasteiger partial charge in [0.1, 0.15) is 12.4 Å². The molecule has 3 rings (SSSR count). The monoisotopic (exact) mass is 295 g/mol. The number of benzene rings is 1. The molecule has 5 heteroatoms. The molecular formula is C15H21NO3S. The van der Waals surface area contributed by atoms with Gasteiger partial charge in [-0.05, 0) is 37.3 Å². The molecule has 0 aromatic heterocycles. The fourth-order valence-corrected chi connectivity index (χ4v) is 4.73. The van der Waals surface area contributed by atoms with E-state index in [1.807, 2.05) is 12.1 Å². The molecule has 0 bridgehead atoms. The highest BCUT2D eigenvalue weighted by molar-refractivity contribution is 7.92. The highest BCUT2D eigenvalue weighted by atomic mass is 32.2. The number of hydrogen-bond acceptors (Lipinski definition) is 4. The minimum atomic E-state index is -2.96. The molecule has 1 fully saturated rings. The Bertz CT molecular complexity index is 583. The Hall–Kier alpha value is -1.23. The smallest absolute Gasteiger partial charge is 0.156 e. The van der Waals surface area contributed by atoms with Crippen molar-refractivity contribution in [3.8, 4) is 5.75 Å². The van der Waals surface area contributed by atoms with Gasteiger partial charge in [-0.2, -0.15) is 0 Å². The lowest BCUT2D eigenvalue weighted by Crippen LogP contribution is -2.33. The molecule has 110 valence electrons. The van der Waals surface area contributed by atoms with E-state index in [4.69, 9.17) is 4.74 Å². The van der Waals surface area contributed by atoms with E-state index in [1.54, 1.807) is 0 Å². The molecule has 2 aliphatic rings. The second kappa shape index (κ2) is 5.64. The summed E-state index contributed by atoms with van der Waals surface area (Å²) in [6.07, 6.45) is 4.69. The summed E-state index contributed by atoms with van der Waals surface area (Å²) in [6.45, 7) is 1.23. The van der Waals surface area contributed by atoms with Crippen molar-refractivity contribution < 1.29 is 13.2 Å². The normalized spacial score (nSPS) is 24.5. The number of sulfone groups is 1. The fraction of sp³-hybridized carbons (Fsp3) is 0.600. The van der Waals surface area contributed by atoms with Gasteiger partial charge in [-0.1, -0.05) is 18.6 Å². The van der Waals surface area contributed by atoms with Crippen LogP contribution in [-0.2, 0) is 16.3 Å². The van der Waals surface area contributed by atoms with Gasteiger partial charge in [0.05, 0.1) is 16.7 Å². The maximum absolute atomic E-state index is 12.0. The van der Waals surface area contributed by atoms with Crippen LogP contribution in [0, 0.1) is 0 Å². The van der Waals surface area contributed by atoms with Crippen LogP contribution < -0.4 is 10.1 Å². The van der Waals surface area contributed by atoms with E-state index >= 15 is 0 Å². The van der Waals surface area contributed by atoms with E-state index in [0.717, 1.165) is 50.1 Å². The topological polar surface area (TPSA) is 55.4 Å². The number of nitrogens with one attached hydrogen (secondary N) is 1. The van der Waals surface area contributed by atoms with Gasteiger partial charge in [-0.25, -0.2) is 8.42 Å². The van der Waals surface area contributed by atoms with Crippen LogP contribution in [0.4, 0.5) is 5.69 Å². The zero-order valence-corrected chi connectivity index (χ0v) is 12.4. The summed E-state index contributed by atoms with van der Waals surface area (Å²) in [6, 6.07) is 6.01. The van der Waals surface area contributed by atoms with E-state index < -0.39 is 9.84 Å². The molecule has 1 unspecified atom stereocenters. The first-order valence-electron chi connectivity index (χ1n) is 7.37. The molecule has 1 saturated heterocycles. The molecule has 0 aliphatic carbocycles. The van der Waals surface area contributed by atoms with Crippen molar-refractivity contribution in [1.29, 1.82) is 0 Å². The number of para-hydroxylation sites is 1. The summed E-state index contributed by atoms with van der Waals surface area (Å²) in [5.74, 6) is 1.11. The Balaban J connectivity index is 1.72. The second-order valence-electron chi connectivity index (χ2n) is 5.62. The maximum atomic E-state index is 12.0. The van der Waals surface area contributed by atoms with Crippen LogP contribution in [-0.4, -0.2) is 32.6 Å². The van der Waals surface area contributed by atoms with Crippen LogP contribution in [0.3, 0.4) is 0 Å². The Morgan fingerprint density at radius 2 is 2.15 bits per heavy atom. The molecule has 0 saturated carbocycles. The van der Waals surface area contributed by atoms with Crippen molar-refractivity contribution >= 4 is 15.5 Å². The molecule has 0 spiro atoms. The van der Waals surface area contributed by atoms with Crippen molar-refractivity contribution in [2.45, 2.75) is 37.4 Å². The molecule has 2 heterocycles. The largest absolute Gasteiger partial charge is 0.490 e. The van der Waals surface area contributed by atoms with Crippen molar-refractivity contribution in [3.63, 3.8) is 0 Å². The van der Waals surface area contributed by atoms with Crippen molar-refractivity contribution in [1.82, 2.24) is 0 Å². The molecule has 1 aromatic rings. The minimum absolute atomic E-state index is 0.278. The number of ether oxygens (including phenoxy) is 1. The summed E-state index contributed by atoms with van der Waals surface area (Å²) in [7, 11) is -2.96. The summed E-state index contributed by atoms with van der Waals surface area (Å²) < 4.78 is 29.8. The number of anilines is 1. The predicted octanol–water partition coefficient (Wildman–Crippen LogP) is 2.39. The Kier molecular flexibility index (Phi) is 3.87. The second-order valence-corrected chi connectivity index (χ2v) is 8.02. The summed E-state index contributed by atoms with van der Waals surface area (Å²) in [4.78, 5) is 0. The van der Waals surface area contributed by atoms with Gasteiger partial charge in [0.2, 0.25) is 0 Å². The van der Waals surface area contributed by atoms with Gasteiger partial charge in [0, 0.05) is 6.54 Å². The summed E-state index contributed by atoms with van der Waals surface area (Å²) in [5, 5.41) is 3.03. The highest BCUT2D eigenvalue weighted by Crippen LogP contribution is 2.32. The quantitative estimate of drug-likeness (QED) is 0.930. The van der Waals surface area contributed by atoms with Crippen molar-refractivity contribution in [2.75, 3.05) is 24.2 Å². The number of fused-ring (bicyclic) bond motifs is 1. The zero-order chi connectivity index (χ0) is 14.0. The fourth-order valence-electron chi connectivity index (χ4n) is 2.99. The summed E-state index contributed by atoms with van der Waals surface area (Å²) in [5.41, 5.74) is 2.31. The molecule has 2 aliphatic heterocycles. The van der Waals surface area contributed by atoms with Gasteiger partial charge in [0.15, 0.2) is 9.84 Å². The summed E-state index contributed by atoms with van der Waals surface area (Å²) >= 11 is 0. The number of aryl methyl sites for hydroxylation is 1. The molecule has 1 N–H and O–H groups in total. The van der Waals surface area contributed by atoms with Gasteiger partial charge in [-0.3, -0.25) is 0 Å². The standard InChI is InChI=1S/C15H21NO3S/c17-20(18)10-2-1-7-13(20)11-19-14-8-3-5-12-6-4-9-16-15(12)14/h3,5,8,13,16H,1-2,4,6-7,9-11H2. The van der Waals surface area contributed by atoms with Crippen LogP contribution >= 0.6 is 0 Å². The van der Waals surface area contributed by atoms with E-state index in [-0.39, 0.29) is 11.9 Å². The van der Waals surface area contributed by atoms with Gasteiger partial charge in [0.25, 0.3) is 0 Å². The Morgan fingerprint density at radius 3 is 3.00 bits per heavy atom.